The average Bonchev–Trinajstić information content (AvgIpc) is 3.88. The lowest BCUT2D eigenvalue weighted by atomic mass is 9.83. The number of carbonyl (C=O) groups excluding carboxylic acids is 1. The summed E-state index contributed by atoms with van der Waals surface area (Å²) >= 11 is 0. The molecule has 2 fully saturated rings. The summed E-state index contributed by atoms with van der Waals surface area (Å²) in [5, 5.41) is 15.4. The number of amides is 1. The minimum atomic E-state index is -0.814. The minimum absolute atomic E-state index is 0.0339. The predicted molar refractivity (Wildman–Crippen MR) is 233 cm³/mol. The summed E-state index contributed by atoms with van der Waals surface area (Å²) in [6.45, 7) is 10.9. The molecule has 322 valence electrons. The van der Waals surface area contributed by atoms with E-state index in [1.807, 2.05) is 31.3 Å². The van der Waals surface area contributed by atoms with Gasteiger partial charge >= 0.3 is 11.4 Å². The van der Waals surface area contributed by atoms with Crippen LogP contribution in [0.2, 0.25) is 0 Å². The van der Waals surface area contributed by atoms with Gasteiger partial charge in [0.25, 0.3) is 5.91 Å². The van der Waals surface area contributed by atoms with E-state index in [1.165, 1.54) is 5.56 Å². The largest absolute Gasteiger partial charge is 0.438 e. The molecule has 2 aliphatic heterocycles. The molecule has 63 heavy (non-hydrogen) atoms. The van der Waals surface area contributed by atoms with E-state index in [1.54, 1.807) is 68.0 Å². The molecule has 0 bridgehead atoms. The van der Waals surface area contributed by atoms with Crippen molar-refractivity contribution in [2.45, 2.75) is 83.9 Å². The van der Waals surface area contributed by atoms with E-state index >= 15 is 9.18 Å². The molecule has 1 saturated heterocycles. The maximum atomic E-state index is 15.3. The normalized spacial score (nSPS) is 20.8. The first kappa shape index (κ1) is 39.1. The Balaban J connectivity index is 1.03. The summed E-state index contributed by atoms with van der Waals surface area (Å²) in [6.07, 6.45) is 8.02. The monoisotopic (exact) mass is 850 g/mol. The van der Waals surface area contributed by atoms with Crippen molar-refractivity contribution in [2.75, 3.05) is 13.2 Å². The van der Waals surface area contributed by atoms with Gasteiger partial charge in [0, 0.05) is 60.9 Å². The molecule has 7 heterocycles. The number of rotatable bonds is 7. The predicted octanol–water partition coefficient (Wildman–Crippen LogP) is 6.74. The Morgan fingerprint density at radius 2 is 1.70 bits per heavy atom. The first-order valence-corrected chi connectivity index (χ1v) is 21.5. The number of hydrogen-bond donors (Lipinski definition) is 1. The molecular formula is C47H47FN10O5. The zero-order valence-electron chi connectivity index (χ0n) is 36.0. The third-order valence-electron chi connectivity index (χ3n) is 13.7. The summed E-state index contributed by atoms with van der Waals surface area (Å²) in [4.78, 5) is 46.9. The number of H-pyrrole nitrogens is 1. The Labute approximate surface area is 360 Å². The minimum Gasteiger partial charge on any atom is -0.376 e. The zero-order valence-corrected chi connectivity index (χ0v) is 36.0. The number of hydrogen-bond acceptors (Lipinski definition) is 8. The number of halogens is 1. The molecule has 3 atom stereocenters. The Morgan fingerprint density at radius 3 is 2.43 bits per heavy atom. The highest BCUT2D eigenvalue weighted by Gasteiger charge is 2.59. The molecule has 3 aliphatic rings. The standard InChI is InChI=1S/C47H47FN10O5/c1-26-17-34(18-27(2)40(26)48)58-41(56-15-14-55(45(56)61)33-8-10-37-32(20-33)24-49-53(37)6)35-25-54(13-11-36(35)51-58)42(59)39-21-31-19-29(30-12-16-62-46(4,5)23-30)7-9-38(31)57(39)47(22-28(47)3)43-50-44(60)63-52-43/h7-10,14-15,17-21,24,28,30H,11-13,16,22-23,25H2,1-6H3,(H,50,52,60)/t28-,30-,47-/m0/s1. The van der Waals surface area contributed by atoms with Gasteiger partial charge in [-0.05, 0) is 124 Å². The number of fused-ring (bicyclic) bond motifs is 3. The molecule has 8 aromatic rings. The zero-order chi connectivity index (χ0) is 43.7. The van der Waals surface area contributed by atoms with Crippen LogP contribution in [0.4, 0.5) is 4.39 Å². The Hall–Kier alpha value is -6.81. The fourth-order valence-corrected chi connectivity index (χ4v) is 10.4. The second-order valence-electron chi connectivity index (χ2n) is 18.3. The number of nitrogens with zero attached hydrogens (tertiary/aromatic N) is 9. The van der Waals surface area contributed by atoms with Gasteiger partial charge in [0.15, 0.2) is 5.82 Å². The van der Waals surface area contributed by atoms with Crippen LogP contribution in [-0.2, 0) is 30.3 Å². The number of imidazole rings is 1. The highest BCUT2D eigenvalue weighted by Crippen LogP contribution is 2.56. The highest BCUT2D eigenvalue weighted by molar-refractivity contribution is 5.99. The Kier molecular flexibility index (Phi) is 8.59. The Morgan fingerprint density at radius 1 is 0.937 bits per heavy atom. The molecule has 1 amide bonds. The topological polar surface area (TPSA) is 156 Å². The number of benzene rings is 3. The molecule has 1 aliphatic carbocycles. The molecule has 0 unspecified atom stereocenters. The van der Waals surface area contributed by atoms with Crippen LogP contribution in [0.3, 0.4) is 0 Å². The van der Waals surface area contributed by atoms with Gasteiger partial charge in [0.2, 0.25) is 0 Å². The van der Waals surface area contributed by atoms with Crippen LogP contribution in [-0.4, -0.2) is 73.0 Å². The van der Waals surface area contributed by atoms with Gasteiger partial charge in [-0.25, -0.2) is 18.7 Å². The summed E-state index contributed by atoms with van der Waals surface area (Å²) in [7, 11) is 1.87. The summed E-state index contributed by atoms with van der Waals surface area (Å²) in [6, 6.07) is 17.6. The van der Waals surface area contributed by atoms with Gasteiger partial charge in [-0.1, -0.05) is 18.1 Å². The van der Waals surface area contributed by atoms with Gasteiger partial charge in [0.05, 0.1) is 40.9 Å². The third kappa shape index (κ3) is 6.08. The fourth-order valence-electron chi connectivity index (χ4n) is 10.4. The van der Waals surface area contributed by atoms with Crippen LogP contribution in [0, 0.1) is 25.6 Å². The van der Waals surface area contributed by atoms with Crippen molar-refractivity contribution >= 4 is 27.7 Å². The molecule has 1 saturated carbocycles. The van der Waals surface area contributed by atoms with Crippen LogP contribution in [0.1, 0.15) is 90.2 Å². The third-order valence-corrected chi connectivity index (χ3v) is 13.7. The quantitative estimate of drug-likeness (QED) is 0.185. The molecule has 1 N–H and O–H groups in total. The van der Waals surface area contributed by atoms with Crippen molar-refractivity contribution < 1.29 is 18.4 Å². The SMILES string of the molecule is Cc1cc(-n2nc3c(c2-n2ccn(-c4ccc5c(cnn5C)c4)c2=O)CN(C(=O)c2cc4cc([C@H]5CCOC(C)(C)C5)ccc4n2[C@@]2(c4noc(=O)[nH]4)C[C@@H]2C)CC3)cc(C)c1F. The first-order valence-electron chi connectivity index (χ1n) is 21.5. The highest BCUT2D eigenvalue weighted by atomic mass is 19.1. The van der Waals surface area contributed by atoms with Crippen molar-refractivity contribution in [1.82, 2.24) is 48.3 Å². The van der Waals surface area contributed by atoms with Gasteiger partial charge in [-0.2, -0.15) is 10.2 Å². The van der Waals surface area contributed by atoms with Gasteiger partial charge in [-0.15, -0.1) is 0 Å². The number of aromatic amines is 1. The van der Waals surface area contributed by atoms with Gasteiger partial charge in [-0.3, -0.25) is 28.1 Å². The average molecular weight is 851 g/mol. The molecule has 3 aromatic carbocycles. The lowest BCUT2D eigenvalue weighted by Gasteiger charge is -2.35. The van der Waals surface area contributed by atoms with Crippen LogP contribution in [0.5, 0.6) is 0 Å². The molecule has 0 spiro atoms. The molecule has 5 aromatic heterocycles. The van der Waals surface area contributed by atoms with E-state index in [0.717, 1.165) is 40.3 Å². The van der Waals surface area contributed by atoms with Gasteiger partial charge in [0.1, 0.15) is 22.9 Å². The number of aryl methyl sites for hydroxylation is 3. The van der Waals surface area contributed by atoms with E-state index in [-0.39, 0.29) is 35.5 Å². The summed E-state index contributed by atoms with van der Waals surface area (Å²) in [5.41, 5.74) is 5.64. The lowest BCUT2D eigenvalue weighted by Crippen LogP contribution is -2.39. The number of nitrogens with one attached hydrogen (secondary N) is 1. The first-order chi connectivity index (χ1) is 30.2. The van der Waals surface area contributed by atoms with E-state index in [9.17, 15) is 9.59 Å². The molecule has 16 heteroatoms. The maximum absolute atomic E-state index is 15.3. The molecule has 0 radical (unpaired) electrons. The van der Waals surface area contributed by atoms with Crippen molar-refractivity contribution in [3.63, 3.8) is 0 Å². The van der Waals surface area contributed by atoms with Gasteiger partial charge < -0.3 is 14.2 Å². The Bertz CT molecular complexity index is 3280. The number of ether oxygens (including phenoxy) is 1. The van der Waals surface area contributed by atoms with E-state index < -0.39 is 11.3 Å². The van der Waals surface area contributed by atoms with Crippen molar-refractivity contribution in [3.8, 4) is 17.2 Å². The van der Waals surface area contributed by atoms with E-state index in [4.69, 9.17) is 14.4 Å². The number of aromatic nitrogens is 9. The molecular weight excluding hydrogens is 804 g/mol. The van der Waals surface area contributed by atoms with Crippen molar-refractivity contribution in [1.29, 1.82) is 0 Å². The molecule has 15 nitrogen and oxygen atoms in total. The van der Waals surface area contributed by atoms with E-state index in [0.29, 0.717) is 77.3 Å². The second-order valence-corrected chi connectivity index (χ2v) is 18.3. The van der Waals surface area contributed by atoms with Crippen LogP contribution < -0.4 is 11.4 Å². The van der Waals surface area contributed by atoms with Crippen LogP contribution in [0.15, 0.2) is 87.3 Å². The number of carbonyl (C=O) groups is 1. The van der Waals surface area contributed by atoms with Crippen molar-refractivity contribution in [3.05, 3.63) is 140 Å². The smallest absolute Gasteiger partial charge is 0.376 e. The van der Waals surface area contributed by atoms with Crippen molar-refractivity contribution in [2.24, 2.45) is 13.0 Å². The summed E-state index contributed by atoms with van der Waals surface area (Å²) < 4.78 is 34.8. The molecule has 11 rings (SSSR count). The van der Waals surface area contributed by atoms with Crippen LogP contribution in [0.25, 0.3) is 39.0 Å². The second kappa shape index (κ2) is 13.8. The summed E-state index contributed by atoms with van der Waals surface area (Å²) in [5.74, 6) is 0.00231. The fraction of sp³-hybridized carbons (Fsp3) is 0.362. The lowest BCUT2D eigenvalue weighted by molar-refractivity contribution is -0.0592. The van der Waals surface area contributed by atoms with E-state index in [2.05, 4.69) is 58.8 Å². The maximum Gasteiger partial charge on any atom is 0.438 e. The van der Waals surface area contributed by atoms with Crippen LogP contribution >= 0.6 is 0 Å².